The van der Waals surface area contributed by atoms with Crippen LogP contribution >= 0.6 is 0 Å². The van der Waals surface area contributed by atoms with E-state index in [1.807, 2.05) is 0 Å². The molecular formula is C16H25N3O. The molecule has 2 aliphatic carbocycles. The molecule has 110 valence electrons. The molecule has 4 atom stereocenters. The second-order valence-electron chi connectivity index (χ2n) is 7.10. The molecule has 2 saturated carbocycles. The molecule has 4 rings (SSSR count). The van der Waals surface area contributed by atoms with Gasteiger partial charge in [0.1, 0.15) is 0 Å². The molecule has 1 aromatic heterocycles. The van der Waals surface area contributed by atoms with E-state index < -0.39 is 0 Å². The molecule has 0 amide bonds. The smallest absolute Gasteiger partial charge is 0.246 e. The zero-order valence-electron chi connectivity index (χ0n) is 12.4. The average molecular weight is 275 g/mol. The first-order chi connectivity index (χ1) is 9.81. The third-order valence-corrected chi connectivity index (χ3v) is 5.84. The van der Waals surface area contributed by atoms with E-state index in [-0.39, 0.29) is 5.54 Å². The van der Waals surface area contributed by atoms with Crippen LogP contribution in [0, 0.1) is 11.8 Å². The van der Waals surface area contributed by atoms with Crippen LogP contribution in [0.2, 0.25) is 0 Å². The van der Waals surface area contributed by atoms with Crippen molar-refractivity contribution in [2.75, 3.05) is 6.54 Å². The van der Waals surface area contributed by atoms with Crippen molar-refractivity contribution in [3.8, 4) is 0 Å². The molecule has 4 unspecified atom stereocenters. The van der Waals surface area contributed by atoms with Gasteiger partial charge in [-0.1, -0.05) is 24.9 Å². The van der Waals surface area contributed by atoms with Gasteiger partial charge in [0.25, 0.3) is 0 Å². The Bertz CT molecular complexity index is 478. The molecule has 1 aromatic rings. The summed E-state index contributed by atoms with van der Waals surface area (Å²) in [6, 6.07) is 0. The Kier molecular flexibility index (Phi) is 3.09. The van der Waals surface area contributed by atoms with Crippen LogP contribution < -0.4 is 5.32 Å². The van der Waals surface area contributed by atoms with Gasteiger partial charge in [-0.05, 0) is 56.9 Å². The Morgan fingerprint density at radius 1 is 1.35 bits per heavy atom. The Morgan fingerprint density at radius 2 is 2.30 bits per heavy atom. The molecule has 4 nitrogen and oxygen atoms in total. The van der Waals surface area contributed by atoms with E-state index in [0.717, 1.165) is 49.4 Å². The third kappa shape index (κ3) is 1.92. The topological polar surface area (TPSA) is 51.0 Å². The fraction of sp³-hybridized carbons (Fsp3) is 0.875. The van der Waals surface area contributed by atoms with Crippen LogP contribution in [-0.4, -0.2) is 16.7 Å². The van der Waals surface area contributed by atoms with Crippen molar-refractivity contribution in [3.05, 3.63) is 11.7 Å². The number of rotatable bonds is 4. The molecule has 1 saturated heterocycles. The fourth-order valence-corrected chi connectivity index (χ4v) is 4.88. The molecule has 2 bridgehead atoms. The van der Waals surface area contributed by atoms with E-state index in [0.29, 0.717) is 5.92 Å². The maximum atomic E-state index is 5.70. The fourth-order valence-electron chi connectivity index (χ4n) is 4.88. The summed E-state index contributed by atoms with van der Waals surface area (Å²) in [4.78, 5) is 4.84. The maximum absolute atomic E-state index is 5.70. The van der Waals surface area contributed by atoms with Gasteiger partial charge >= 0.3 is 0 Å². The normalized spacial score (nSPS) is 39.8. The van der Waals surface area contributed by atoms with Crippen molar-refractivity contribution < 1.29 is 4.52 Å². The first-order valence-corrected chi connectivity index (χ1v) is 8.40. The number of fused-ring (bicyclic) bond motifs is 2. The number of hydrogen-bond donors (Lipinski definition) is 1. The van der Waals surface area contributed by atoms with Crippen LogP contribution in [0.3, 0.4) is 0 Å². The van der Waals surface area contributed by atoms with Crippen LogP contribution in [0.25, 0.3) is 0 Å². The lowest BCUT2D eigenvalue weighted by Crippen LogP contribution is -2.37. The molecule has 0 spiro atoms. The number of aromatic nitrogens is 2. The van der Waals surface area contributed by atoms with Gasteiger partial charge in [0.15, 0.2) is 5.82 Å². The van der Waals surface area contributed by atoms with Crippen LogP contribution in [0.5, 0.6) is 0 Å². The largest absolute Gasteiger partial charge is 0.337 e. The molecule has 0 radical (unpaired) electrons. The highest BCUT2D eigenvalue weighted by molar-refractivity contribution is 5.11. The molecule has 0 aromatic carbocycles. The predicted octanol–water partition coefficient (Wildman–Crippen LogP) is 3.35. The summed E-state index contributed by atoms with van der Waals surface area (Å²) in [6.45, 7) is 3.31. The van der Waals surface area contributed by atoms with E-state index in [2.05, 4.69) is 17.4 Å². The van der Waals surface area contributed by atoms with Crippen LogP contribution in [0.4, 0.5) is 0 Å². The van der Waals surface area contributed by atoms with Crippen LogP contribution in [-0.2, 0) is 5.54 Å². The highest BCUT2D eigenvalue weighted by atomic mass is 16.5. The minimum absolute atomic E-state index is 0.0301. The second kappa shape index (κ2) is 4.83. The average Bonchev–Trinajstić information content (AvgIpc) is 3.22. The Morgan fingerprint density at radius 3 is 2.95 bits per heavy atom. The van der Waals surface area contributed by atoms with Gasteiger partial charge in [0.05, 0.1) is 5.54 Å². The molecule has 2 heterocycles. The Labute approximate surface area is 120 Å². The minimum Gasteiger partial charge on any atom is -0.337 e. The lowest BCUT2D eigenvalue weighted by Gasteiger charge is -2.24. The lowest BCUT2D eigenvalue weighted by molar-refractivity contribution is 0.239. The van der Waals surface area contributed by atoms with Gasteiger partial charge in [0.2, 0.25) is 5.89 Å². The second-order valence-corrected chi connectivity index (χ2v) is 7.10. The van der Waals surface area contributed by atoms with Crippen molar-refractivity contribution in [1.82, 2.24) is 15.5 Å². The molecule has 3 aliphatic rings. The van der Waals surface area contributed by atoms with E-state index in [1.165, 1.54) is 32.1 Å². The number of nitrogens with one attached hydrogen (secondary N) is 1. The molecule has 1 N–H and O–H groups in total. The quantitative estimate of drug-likeness (QED) is 0.915. The number of hydrogen-bond acceptors (Lipinski definition) is 4. The van der Waals surface area contributed by atoms with Gasteiger partial charge in [-0.2, -0.15) is 4.98 Å². The summed E-state index contributed by atoms with van der Waals surface area (Å²) in [5, 5.41) is 7.99. The molecule has 20 heavy (non-hydrogen) atoms. The molecular weight excluding hydrogens is 250 g/mol. The summed E-state index contributed by atoms with van der Waals surface area (Å²) >= 11 is 0. The Hall–Kier alpha value is -0.900. The van der Waals surface area contributed by atoms with Gasteiger partial charge < -0.3 is 9.84 Å². The SMILES string of the molecule is CCCC1(c2nc(C3CC4CCC3C4)no2)CCCN1. The summed E-state index contributed by atoms with van der Waals surface area (Å²) in [7, 11) is 0. The first kappa shape index (κ1) is 12.8. The minimum atomic E-state index is -0.0301. The van der Waals surface area contributed by atoms with E-state index in [9.17, 15) is 0 Å². The van der Waals surface area contributed by atoms with Crippen LogP contribution in [0.15, 0.2) is 4.52 Å². The highest BCUT2D eigenvalue weighted by Gasteiger charge is 2.44. The lowest BCUT2D eigenvalue weighted by atomic mass is 9.88. The summed E-state index contributed by atoms with van der Waals surface area (Å²) in [5.41, 5.74) is -0.0301. The van der Waals surface area contributed by atoms with Crippen molar-refractivity contribution in [2.45, 2.75) is 69.7 Å². The van der Waals surface area contributed by atoms with E-state index in [4.69, 9.17) is 9.51 Å². The molecule has 1 aliphatic heterocycles. The van der Waals surface area contributed by atoms with Crippen molar-refractivity contribution in [1.29, 1.82) is 0 Å². The summed E-state index contributed by atoms with van der Waals surface area (Å²) in [5.74, 6) is 4.18. The van der Waals surface area contributed by atoms with Crippen molar-refractivity contribution >= 4 is 0 Å². The van der Waals surface area contributed by atoms with Crippen LogP contribution in [0.1, 0.15) is 75.9 Å². The zero-order valence-corrected chi connectivity index (χ0v) is 12.4. The monoisotopic (exact) mass is 275 g/mol. The third-order valence-electron chi connectivity index (χ3n) is 5.84. The van der Waals surface area contributed by atoms with Gasteiger partial charge in [-0.15, -0.1) is 0 Å². The Balaban J connectivity index is 1.58. The number of nitrogens with zero attached hydrogens (tertiary/aromatic N) is 2. The molecule has 4 heteroatoms. The summed E-state index contributed by atoms with van der Waals surface area (Å²) < 4.78 is 5.70. The van der Waals surface area contributed by atoms with Gasteiger partial charge in [-0.3, -0.25) is 0 Å². The predicted molar refractivity (Wildman–Crippen MR) is 76.3 cm³/mol. The van der Waals surface area contributed by atoms with Crippen molar-refractivity contribution in [2.24, 2.45) is 11.8 Å². The van der Waals surface area contributed by atoms with Gasteiger partial charge in [-0.25, -0.2) is 0 Å². The first-order valence-electron chi connectivity index (χ1n) is 8.40. The maximum Gasteiger partial charge on any atom is 0.246 e. The molecule has 3 fully saturated rings. The van der Waals surface area contributed by atoms with E-state index in [1.54, 1.807) is 0 Å². The van der Waals surface area contributed by atoms with E-state index >= 15 is 0 Å². The summed E-state index contributed by atoms with van der Waals surface area (Å²) in [6.07, 6.45) is 10.1. The van der Waals surface area contributed by atoms with Gasteiger partial charge in [0, 0.05) is 5.92 Å². The standard InChI is InChI=1S/C16H25N3O/c1-2-6-16(7-3-8-17-16)15-18-14(19-20-15)13-10-11-4-5-12(13)9-11/h11-13,17H,2-10H2,1H3. The van der Waals surface area contributed by atoms with Crippen molar-refractivity contribution in [3.63, 3.8) is 0 Å². The zero-order chi connectivity index (χ0) is 13.6. The highest BCUT2D eigenvalue weighted by Crippen LogP contribution is 2.52.